The van der Waals surface area contributed by atoms with Crippen molar-refractivity contribution in [3.8, 4) is 0 Å². The summed E-state index contributed by atoms with van der Waals surface area (Å²) < 4.78 is 26.5. The summed E-state index contributed by atoms with van der Waals surface area (Å²) in [6, 6.07) is 7.16. The number of hydrogen-bond acceptors (Lipinski definition) is 3. The van der Waals surface area contributed by atoms with Crippen LogP contribution >= 0.6 is 0 Å². The maximum absolute atomic E-state index is 13.4. The summed E-state index contributed by atoms with van der Waals surface area (Å²) in [6.07, 6.45) is 2.52. The molecule has 5 heteroatoms. The Kier molecular flexibility index (Phi) is 4.63. The largest absolute Gasteiger partial charge is 0.383 e. The number of aromatic nitrogens is 1. The molecular weight excluding hydrogens is 260 g/mol. The molecule has 1 atom stereocenters. The lowest BCUT2D eigenvalue weighted by Crippen LogP contribution is -2.24. The van der Waals surface area contributed by atoms with E-state index in [4.69, 9.17) is 5.73 Å². The van der Waals surface area contributed by atoms with Gasteiger partial charge in [0.25, 0.3) is 0 Å². The van der Waals surface area contributed by atoms with Gasteiger partial charge in [0, 0.05) is 11.8 Å². The molecule has 0 saturated carbocycles. The van der Waals surface area contributed by atoms with Crippen molar-refractivity contribution in [3.05, 3.63) is 59.3 Å². The third-order valence-corrected chi connectivity index (χ3v) is 3.06. The van der Waals surface area contributed by atoms with Gasteiger partial charge in [-0.15, -0.1) is 0 Å². The highest BCUT2D eigenvalue weighted by molar-refractivity contribution is 5.45. The van der Waals surface area contributed by atoms with Crippen LogP contribution in [0.4, 0.5) is 14.6 Å². The summed E-state index contributed by atoms with van der Waals surface area (Å²) in [5, 5.41) is 3.28. The van der Waals surface area contributed by atoms with Crippen molar-refractivity contribution in [2.24, 2.45) is 0 Å². The Labute approximate surface area is 116 Å². The zero-order chi connectivity index (χ0) is 14.5. The first kappa shape index (κ1) is 14.4. The molecule has 2 aromatic rings. The quantitative estimate of drug-likeness (QED) is 0.883. The fourth-order valence-corrected chi connectivity index (χ4v) is 2.06. The monoisotopic (exact) mass is 277 g/mol. The first-order chi connectivity index (χ1) is 9.63. The van der Waals surface area contributed by atoms with Crippen molar-refractivity contribution in [3.63, 3.8) is 0 Å². The number of anilines is 1. The zero-order valence-electron chi connectivity index (χ0n) is 11.2. The maximum Gasteiger partial charge on any atom is 0.159 e. The van der Waals surface area contributed by atoms with Crippen LogP contribution in [0.2, 0.25) is 0 Å². The highest BCUT2D eigenvalue weighted by Gasteiger charge is 2.18. The molecule has 0 radical (unpaired) electrons. The van der Waals surface area contributed by atoms with Gasteiger partial charge in [0.05, 0.1) is 6.04 Å². The Hall–Kier alpha value is -2.01. The van der Waals surface area contributed by atoms with Gasteiger partial charge in [0.15, 0.2) is 11.6 Å². The first-order valence-electron chi connectivity index (χ1n) is 6.52. The average Bonchev–Trinajstić information content (AvgIpc) is 2.44. The lowest BCUT2D eigenvalue weighted by molar-refractivity contribution is 0.503. The molecule has 3 N–H and O–H groups in total. The van der Waals surface area contributed by atoms with E-state index in [1.54, 1.807) is 18.3 Å². The smallest absolute Gasteiger partial charge is 0.159 e. The zero-order valence-corrected chi connectivity index (χ0v) is 11.2. The van der Waals surface area contributed by atoms with Gasteiger partial charge in [-0.25, -0.2) is 13.8 Å². The number of nitrogen functional groups attached to an aromatic ring is 1. The van der Waals surface area contributed by atoms with E-state index >= 15 is 0 Å². The average molecular weight is 277 g/mol. The van der Waals surface area contributed by atoms with Crippen molar-refractivity contribution in [1.82, 2.24) is 10.3 Å². The molecule has 3 nitrogen and oxygen atoms in total. The highest BCUT2D eigenvalue weighted by Crippen LogP contribution is 2.26. The summed E-state index contributed by atoms with van der Waals surface area (Å²) in [7, 11) is 0. The Balaban J connectivity index is 2.41. The molecular formula is C15H17F2N3. The van der Waals surface area contributed by atoms with Crippen molar-refractivity contribution in [2.45, 2.75) is 19.4 Å². The lowest BCUT2D eigenvalue weighted by Gasteiger charge is -2.20. The fraction of sp³-hybridized carbons (Fsp3) is 0.267. The predicted octanol–water partition coefficient (Wildman–Crippen LogP) is 3.03. The summed E-state index contributed by atoms with van der Waals surface area (Å²) in [5.41, 5.74) is 7.26. The van der Waals surface area contributed by atoms with Gasteiger partial charge in [-0.3, -0.25) is 0 Å². The number of benzene rings is 1. The van der Waals surface area contributed by atoms with Gasteiger partial charge >= 0.3 is 0 Å². The van der Waals surface area contributed by atoms with Crippen LogP contribution in [0.5, 0.6) is 0 Å². The number of rotatable bonds is 5. The van der Waals surface area contributed by atoms with E-state index in [0.29, 0.717) is 11.4 Å². The molecule has 1 heterocycles. The summed E-state index contributed by atoms with van der Waals surface area (Å²) >= 11 is 0. The minimum atomic E-state index is -0.867. The predicted molar refractivity (Wildman–Crippen MR) is 75.1 cm³/mol. The van der Waals surface area contributed by atoms with E-state index < -0.39 is 11.6 Å². The van der Waals surface area contributed by atoms with Crippen LogP contribution in [-0.2, 0) is 0 Å². The molecule has 0 aliphatic carbocycles. The van der Waals surface area contributed by atoms with Crippen LogP contribution in [0.3, 0.4) is 0 Å². The van der Waals surface area contributed by atoms with E-state index in [9.17, 15) is 8.78 Å². The van der Waals surface area contributed by atoms with Gasteiger partial charge in [-0.1, -0.05) is 19.1 Å². The molecule has 106 valence electrons. The molecule has 0 fully saturated rings. The maximum atomic E-state index is 13.4. The molecule has 0 aliphatic rings. The molecule has 0 bridgehead atoms. The number of nitrogens with two attached hydrogens (primary N) is 1. The van der Waals surface area contributed by atoms with Crippen LogP contribution in [0, 0.1) is 11.6 Å². The number of nitrogens with zero attached hydrogens (tertiary/aromatic N) is 1. The van der Waals surface area contributed by atoms with Crippen molar-refractivity contribution < 1.29 is 8.78 Å². The summed E-state index contributed by atoms with van der Waals surface area (Å²) in [6.45, 7) is 2.76. The number of pyridine rings is 1. The van der Waals surface area contributed by atoms with Crippen molar-refractivity contribution >= 4 is 5.82 Å². The van der Waals surface area contributed by atoms with E-state index in [-0.39, 0.29) is 6.04 Å². The second kappa shape index (κ2) is 6.43. The Bertz CT molecular complexity index is 587. The summed E-state index contributed by atoms with van der Waals surface area (Å²) in [4.78, 5) is 4.04. The fourth-order valence-electron chi connectivity index (χ4n) is 2.06. The SMILES string of the molecule is CCCNC(c1ccc(F)c(F)c1)c1cccnc1N. The topological polar surface area (TPSA) is 50.9 Å². The molecule has 2 rings (SSSR count). The molecule has 1 aromatic heterocycles. The normalized spacial score (nSPS) is 12.3. The van der Waals surface area contributed by atoms with Gasteiger partial charge in [0.1, 0.15) is 5.82 Å². The Morgan fingerprint density at radius 2 is 2.05 bits per heavy atom. The molecule has 1 unspecified atom stereocenters. The first-order valence-corrected chi connectivity index (χ1v) is 6.52. The van der Waals surface area contributed by atoms with Crippen molar-refractivity contribution in [1.29, 1.82) is 0 Å². The van der Waals surface area contributed by atoms with E-state index in [0.717, 1.165) is 24.6 Å². The van der Waals surface area contributed by atoms with Gasteiger partial charge in [0.2, 0.25) is 0 Å². The number of hydrogen-bond donors (Lipinski definition) is 2. The molecule has 0 saturated heterocycles. The van der Waals surface area contributed by atoms with Gasteiger partial charge in [-0.2, -0.15) is 0 Å². The molecule has 0 spiro atoms. The summed E-state index contributed by atoms with van der Waals surface area (Å²) in [5.74, 6) is -1.35. The van der Waals surface area contributed by atoms with Gasteiger partial charge in [-0.05, 0) is 36.7 Å². The third-order valence-electron chi connectivity index (χ3n) is 3.06. The molecule has 20 heavy (non-hydrogen) atoms. The highest BCUT2D eigenvalue weighted by atomic mass is 19.2. The van der Waals surface area contributed by atoms with E-state index in [2.05, 4.69) is 10.3 Å². The Morgan fingerprint density at radius 1 is 1.25 bits per heavy atom. The van der Waals surface area contributed by atoms with Crippen LogP contribution < -0.4 is 11.1 Å². The minimum absolute atomic E-state index is 0.307. The van der Waals surface area contributed by atoms with Crippen molar-refractivity contribution in [2.75, 3.05) is 12.3 Å². The minimum Gasteiger partial charge on any atom is -0.383 e. The van der Waals surface area contributed by atoms with E-state index in [1.807, 2.05) is 13.0 Å². The number of halogens is 2. The van der Waals surface area contributed by atoms with Crippen LogP contribution in [0.1, 0.15) is 30.5 Å². The standard InChI is InChI=1S/C15H17F2N3/c1-2-7-19-14(11-4-3-8-20-15(11)18)10-5-6-12(16)13(17)9-10/h3-6,8-9,14,19H,2,7H2,1H3,(H2,18,20). The number of nitrogens with one attached hydrogen (secondary N) is 1. The second-order valence-electron chi connectivity index (χ2n) is 4.54. The second-order valence-corrected chi connectivity index (χ2v) is 4.54. The van der Waals surface area contributed by atoms with Gasteiger partial charge < -0.3 is 11.1 Å². The van der Waals surface area contributed by atoms with E-state index in [1.165, 1.54) is 6.07 Å². The molecule has 1 aromatic carbocycles. The lowest BCUT2D eigenvalue weighted by atomic mass is 9.99. The molecule has 0 aliphatic heterocycles. The Morgan fingerprint density at radius 3 is 2.70 bits per heavy atom. The van der Waals surface area contributed by atoms with Crippen LogP contribution in [-0.4, -0.2) is 11.5 Å². The van der Waals surface area contributed by atoms with Crippen LogP contribution in [0.25, 0.3) is 0 Å². The van der Waals surface area contributed by atoms with Crippen LogP contribution in [0.15, 0.2) is 36.5 Å². The third kappa shape index (κ3) is 3.11. The molecule has 0 amide bonds.